The minimum absolute atomic E-state index is 0.0165. The highest BCUT2D eigenvalue weighted by molar-refractivity contribution is 7.90. The molecular formula is C51H76FN7O8S2. The molecule has 1 aliphatic heterocycles. The zero-order valence-corrected chi connectivity index (χ0v) is 43.6. The number of nitrogens with zero attached hydrogens (tertiary/aromatic N) is 3. The van der Waals surface area contributed by atoms with E-state index >= 15 is 0 Å². The molecule has 3 aromatic rings. The molecule has 15 nitrogen and oxygen atoms in total. The van der Waals surface area contributed by atoms with Gasteiger partial charge in [0.15, 0.2) is 6.10 Å². The number of amides is 4. The van der Waals surface area contributed by atoms with E-state index in [1.165, 1.54) is 31.2 Å². The van der Waals surface area contributed by atoms with Gasteiger partial charge in [0.05, 0.1) is 10.9 Å². The third-order valence-electron chi connectivity index (χ3n) is 13.1. The standard InChI is InChI=1S/C51H76FN7O8S2/c1-10-12-13-15-27-59(49(63)45(34(5)11-2)56-47(62)42-17-14-16-26-58(42)9)43(33(3)4)29-44(67-35(6)60)48-55-41(32-68-48)46(61)54-39(28-36-18-22-38(52)23-19-36)30-51(7,8)50(64)57-69(65,66)40-24-20-37(31-53)21-25-40/h18-25,32-34,39,42-45H,10-17,26-31,53H2,1-9H3,(H,54,61)(H,56,62)(H,57,64)/t34-,39-,42+,43+,44+,45-/m0/s1. The van der Waals surface area contributed by atoms with Gasteiger partial charge in [-0.15, -0.1) is 11.3 Å². The van der Waals surface area contributed by atoms with Gasteiger partial charge in [0.25, 0.3) is 15.9 Å². The summed E-state index contributed by atoms with van der Waals surface area (Å²) in [7, 11) is -2.31. The number of carbonyl (C=O) groups excluding carboxylic acids is 5. The number of carbonyl (C=O) groups is 5. The van der Waals surface area contributed by atoms with E-state index in [4.69, 9.17) is 10.5 Å². The quantitative estimate of drug-likeness (QED) is 0.0459. The molecule has 1 fully saturated rings. The number of ether oxygens (including phenoxy) is 1. The van der Waals surface area contributed by atoms with Gasteiger partial charge < -0.3 is 26.0 Å². The highest BCUT2D eigenvalue weighted by atomic mass is 32.2. The van der Waals surface area contributed by atoms with Crippen molar-refractivity contribution in [3.63, 3.8) is 0 Å². The number of likely N-dealkylation sites (tertiary alicyclic amines) is 1. The maximum Gasteiger partial charge on any atom is 0.303 e. The van der Waals surface area contributed by atoms with E-state index in [0.29, 0.717) is 23.5 Å². The van der Waals surface area contributed by atoms with E-state index in [-0.39, 0.29) is 66.1 Å². The predicted molar refractivity (Wildman–Crippen MR) is 267 cm³/mol. The summed E-state index contributed by atoms with van der Waals surface area (Å²) in [6.45, 7) is 16.0. The summed E-state index contributed by atoms with van der Waals surface area (Å²) >= 11 is 1.13. The number of sulfonamides is 1. The molecular weight excluding hydrogens is 922 g/mol. The van der Waals surface area contributed by atoms with Gasteiger partial charge in [0.1, 0.15) is 22.6 Å². The zero-order chi connectivity index (χ0) is 51.1. The number of hydrogen-bond acceptors (Lipinski definition) is 12. The number of esters is 1. The average Bonchev–Trinajstić information content (AvgIpc) is 3.81. The van der Waals surface area contributed by atoms with Crippen molar-refractivity contribution in [3.8, 4) is 0 Å². The van der Waals surface area contributed by atoms with Crippen molar-refractivity contribution in [1.29, 1.82) is 0 Å². The summed E-state index contributed by atoms with van der Waals surface area (Å²) in [5, 5.41) is 8.03. The van der Waals surface area contributed by atoms with Crippen molar-refractivity contribution >= 4 is 51.0 Å². The number of benzene rings is 2. The Balaban J connectivity index is 1.62. The van der Waals surface area contributed by atoms with Crippen LogP contribution in [0.4, 0.5) is 4.39 Å². The number of hydrogen-bond donors (Lipinski definition) is 4. The summed E-state index contributed by atoms with van der Waals surface area (Å²) in [4.78, 5) is 77.9. The number of thiazole rings is 1. The van der Waals surface area contributed by atoms with Gasteiger partial charge in [-0.2, -0.15) is 0 Å². The van der Waals surface area contributed by atoms with Gasteiger partial charge in [0.2, 0.25) is 17.7 Å². The first-order valence-corrected chi connectivity index (χ1v) is 26.8. The summed E-state index contributed by atoms with van der Waals surface area (Å²) in [6, 6.07) is 9.27. The summed E-state index contributed by atoms with van der Waals surface area (Å²) in [6.07, 6.45) is 6.37. The van der Waals surface area contributed by atoms with E-state index in [1.807, 2.05) is 39.6 Å². The number of likely N-dealkylation sites (N-methyl/N-ethyl adjacent to an activating group) is 1. The van der Waals surface area contributed by atoms with Gasteiger partial charge in [-0.3, -0.25) is 28.9 Å². The predicted octanol–water partition coefficient (Wildman–Crippen LogP) is 7.45. The van der Waals surface area contributed by atoms with Crippen molar-refractivity contribution in [2.24, 2.45) is 23.0 Å². The Bertz CT molecular complexity index is 2270. The fourth-order valence-corrected chi connectivity index (χ4v) is 10.7. The number of nitrogens with one attached hydrogen (secondary N) is 3. The lowest BCUT2D eigenvalue weighted by atomic mass is 9.83. The van der Waals surface area contributed by atoms with E-state index < -0.39 is 63.3 Å². The van der Waals surface area contributed by atoms with E-state index in [1.54, 1.807) is 43.5 Å². The van der Waals surface area contributed by atoms with Gasteiger partial charge in [-0.1, -0.05) is 105 Å². The molecule has 0 radical (unpaired) electrons. The average molecular weight is 998 g/mol. The molecule has 2 aromatic carbocycles. The Morgan fingerprint density at radius 1 is 0.971 bits per heavy atom. The van der Waals surface area contributed by atoms with Gasteiger partial charge >= 0.3 is 5.97 Å². The molecule has 5 N–H and O–H groups in total. The second kappa shape index (κ2) is 26.4. The van der Waals surface area contributed by atoms with Crippen LogP contribution in [0.2, 0.25) is 0 Å². The van der Waals surface area contributed by atoms with Crippen LogP contribution in [0.25, 0.3) is 0 Å². The molecule has 18 heteroatoms. The molecule has 4 amide bonds. The topological polar surface area (TPSA) is 210 Å². The lowest BCUT2D eigenvalue weighted by Gasteiger charge is -2.40. The van der Waals surface area contributed by atoms with Gasteiger partial charge in [-0.05, 0) is 92.9 Å². The Kier molecular flexibility index (Phi) is 21.8. The SMILES string of the molecule is CCCCCCN(C(=O)[C@@H](NC(=O)[C@H]1CCCCN1C)[C@@H](C)CC)[C@H](C[C@@H](OC(C)=O)c1nc(C(=O)N[C@@H](Cc2ccc(F)cc2)CC(C)(C)C(=O)NS(=O)(=O)c2ccc(CN)cc2)cs1)C(C)C. The van der Waals surface area contributed by atoms with Crippen molar-refractivity contribution in [3.05, 3.63) is 81.6 Å². The first-order chi connectivity index (χ1) is 32.6. The normalized spacial score (nSPS) is 16.7. The van der Waals surface area contributed by atoms with Crippen molar-refractivity contribution in [2.45, 2.75) is 168 Å². The Morgan fingerprint density at radius 2 is 1.64 bits per heavy atom. The van der Waals surface area contributed by atoms with Crippen LogP contribution < -0.4 is 21.1 Å². The highest BCUT2D eigenvalue weighted by Crippen LogP contribution is 2.33. The van der Waals surface area contributed by atoms with Gasteiger partial charge in [-0.25, -0.2) is 22.5 Å². The maximum atomic E-state index is 15.0. The largest absolute Gasteiger partial charge is 0.455 e. The first kappa shape index (κ1) is 56.8. The number of piperidine rings is 1. The minimum atomic E-state index is -4.25. The van der Waals surface area contributed by atoms with Crippen molar-refractivity contribution in [2.75, 3.05) is 20.1 Å². The molecule has 0 aliphatic carbocycles. The summed E-state index contributed by atoms with van der Waals surface area (Å²) in [5.41, 5.74) is 5.71. The molecule has 382 valence electrons. The van der Waals surface area contributed by atoms with Crippen LogP contribution in [0.5, 0.6) is 0 Å². The molecule has 1 aliphatic rings. The van der Waals surface area contributed by atoms with Crippen LogP contribution in [0.1, 0.15) is 152 Å². The number of unbranched alkanes of at least 4 members (excludes halogenated alkanes) is 3. The van der Waals surface area contributed by atoms with Crippen LogP contribution in [0.3, 0.4) is 0 Å². The lowest BCUT2D eigenvalue weighted by Crippen LogP contribution is -2.59. The summed E-state index contributed by atoms with van der Waals surface area (Å²) < 4.78 is 48.6. The fourth-order valence-electron chi connectivity index (χ4n) is 8.76. The number of halogens is 1. The molecule has 1 aromatic heterocycles. The molecule has 69 heavy (non-hydrogen) atoms. The van der Waals surface area contributed by atoms with Crippen LogP contribution in [-0.4, -0.2) is 97.1 Å². The van der Waals surface area contributed by atoms with Gasteiger partial charge in [0, 0.05) is 49.3 Å². The van der Waals surface area contributed by atoms with Crippen molar-refractivity contribution < 1.29 is 41.5 Å². The smallest absolute Gasteiger partial charge is 0.303 e. The van der Waals surface area contributed by atoms with Crippen LogP contribution in [0, 0.1) is 23.1 Å². The second-order valence-corrected chi connectivity index (χ2v) is 22.1. The molecule has 0 bridgehead atoms. The van der Waals surface area contributed by atoms with E-state index in [9.17, 15) is 36.8 Å². The Labute approximate surface area is 413 Å². The Hall–Kier alpha value is -4.78. The molecule has 0 saturated carbocycles. The molecule has 2 heterocycles. The maximum absolute atomic E-state index is 15.0. The van der Waals surface area contributed by atoms with Crippen LogP contribution in [0.15, 0.2) is 58.8 Å². The number of aromatic nitrogens is 1. The summed E-state index contributed by atoms with van der Waals surface area (Å²) in [5.74, 6) is -3.03. The Morgan fingerprint density at radius 3 is 2.23 bits per heavy atom. The number of rotatable bonds is 26. The van der Waals surface area contributed by atoms with Crippen LogP contribution in [-0.2, 0) is 46.9 Å². The monoisotopic (exact) mass is 998 g/mol. The molecule has 1 saturated heterocycles. The molecule has 6 atom stereocenters. The lowest BCUT2D eigenvalue weighted by molar-refractivity contribution is -0.149. The zero-order valence-electron chi connectivity index (χ0n) is 42.0. The van der Waals surface area contributed by atoms with Crippen molar-refractivity contribution in [1.82, 2.24) is 30.1 Å². The number of nitrogens with two attached hydrogens (primary N) is 1. The minimum Gasteiger partial charge on any atom is -0.455 e. The molecule has 4 rings (SSSR count). The highest BCUT2D eigenvalue weighted by Gasteiger charge is 2.39. The van der Waals surface area contributed by atoms with Crippen LogP contribution >= 0.6 is 11.3 Å². The third-order valence-corrected chi connectivity index (χ3v) is 15.4. The second-order valence-electron chi connectivity index (χ2n) is 19.5. The van der Waals surface area contributed by atoms with E-state index in [0.717, 1.165) is 68.4 Å². The first-order valence-electron chi connectivity index (χ1n) is 24.5. The fraction of sp³-hybridized carbons (Fsp3) is 0.608. The third kappa shape index (κ3) is 16.7. The molecule has 0 unspecified atom stereocenters. The van der Waals surface area contributed by atoms with E-state index in [2.05, 4.69) is 32.2 Å². The molecule has 0 spiro atoms.